The fourth-order valence-electron chi connectivity index (χ4n) is 4.00. The zero-order valence-corrected chi connectivity index (χ0v) is 18.6. The van der Waals surface area contributed by atoms with Crippen molar-refractivity contribution in [3.8, 4) is 11.5 Å². The van der Waals surface area contributed by atoms with Gasteiger partial charge in [-0.25, -0.2) is 9.97 Å². The molecule has 3 heterocycles. The average Bonchev–Trinajstić information content (AvgIpc) is 3.21. The number of carbonyl (C=O) groups is 1. The molecule has 1 fully saturated rings. The van der Waals surface area contributed by atoms with E-state index in [1.165, 1.54) is 5.56 Å². The third-order valence-electron chi connectivity index (χ3n) is 5.74. The van der Waals surface area contributed by atoms with E-state index in [4.69, 9.17) is 9.47 Å². The number of nitrogens with zero attached hydrogens (tertiary/aromatic N) is 4. The normalized spacial score (nSPS) is 16.2. The van der Waals surface area contributed by atoms with Crippen LogP contribution in [0.2, 0.25) is 0 Å². The molecule has 1 saturated heterocycles. The van der Waals surface area contributed by atoms with Gasteiger partial charge in [-0.15, -0.1) is 0 Å². The van der Waals surface area contributed by atoms with Crippen LogP contribution in [0.3, 0.4) is 0 Å². The zero-order valence-electron chi connectivity index (χ0n) is 17.8. The van der Waals surface area contributed by atoms with E-state index in [0.717, 1.165) is 66.3 Å². The number of hydrogen-bond donors (Lipinski definition) is 0. The van der Waals surface area contributed by atoms with Gasteiger partial charge in [-0.1, -0.05) is 17.8 Å². The molecule has 0 atom stereocenters. The summed E-state index contributed by atoms with van der Waals surface area (Å²) in [5, 5.41) is 0.790. The Bertz CT molecular complexity index is 906. The maximum absolute atomic E-state index is 12.7. The van der Waals surface area contributed by atoms with Gasteiger partial charge in [0.1, 0.15) is 0 Å². The van der Waals surface area contributed by atoms with Gasteiger partial charge in [-0.05, 0) is 49.8 Å². The number of hydrogen-bond acceptors (Lipinski definition) is 7. The minimum absolute atomic E-state index is 0.213. The fourth-order valence-corrected chi connectivity index (χ4v) is 4.46. The summed E-state index contributed by atoms with van der Waals surface area (Å²) in [6.07, 6.45) is 3.18. The monoisotopic (exact) mass is 428 g/mol. The van der Waals surface area contributed by atoms with Gasteiger partial charge in [0.2, 0.25) is 12.7 Å². The van der Waals surface area contributed by atoms with E-state index >= 15 is 0 Å². The van der Waals surface area contributed by atoms with E-state index in [1.807, 2.05) is 31.1 Å². The van der Waals surface area contributed by atoms with Gasteiger partial charge in [0.15, 0.2) is 16.7 Å². The SMILES string of the molecule is CSc1nc(C)c(CCC(=O)N2CCN(Cc3ccc4c(c3)OCO4)CC2)c(C)n1. The maximum Gasteiger partial charge on any atom is 0.231 e. The summed E-state index contributed by atoms with van der Waals surface area (Å²) in [6.45, 7) is 8.45. The molecule has 0 saturated carbocycles. The number of aryl methyl sites for hydroxylation is 2. The Morgan fingerprint density at radius 2 is 1.77 bits per heavy atom. The summed E-state index contributed by atoms with van der Waals surface area (Å²) >= 11 is 1.54. The molecule has 0 N–H and O–H groups in total. The van der Waals surface area contributed by atoms with Crippen molar-refractivity contribution in [2.24, 2.45) is 0 Å². The summed E-state index contributed by atoms with van der Waals surface area (Å²) in [7, 11) is 0. The topological polar surface area (TPSA) is 67.8 Å². The molecule has 4 rings (SSSR count). The lowest BCUT2D eigenvalue weighted by Crippen LogP contribution is -2.48. The van der Waals surface area contributed by atoms with E-state index in [0.29, 0.717) is 19.6 Å². The van der Waals surface area contributed by atoms with Gasteiger partial charge in [0.05, 0.1) is 0 Å². The number of carbonyl (C=O) groups excluding carboxylic acids is 1. The second-order valence-corrected chi connectivity index (χ2v) is 8.48. The molecule has 0 unspecified atom stereocenters. The molecule has 160 valence electrons. The van der Waals surface area contributed by atoms with Crippen LogP contribution >= 0.6 is 11.8 Å². The van der Waals surface area contributed by atoms with Gasteiger partial charge in [0.25, 0.3) is 0 Å². The number of amides is 1. The van der Waals surface area contributed by atoms with Gasteiger partial charge in [0, 0.05) is 50.5 Å². The zero-order chi connectivity index (χ0) is 21.1. The van der Waals surface area contributed by atoms with Gasteiger partial charge in [-0.2, -0.15) is 0 Å². The Kier molecular flexibility index (Phi) is 6.43. The van der Waals surface area contributed by atoms with Crippen LogP contribution in [0.4, 0.5) is 0 Å². The lowest BCUT2D eigenvalue weighted by atomic mass is 10.1. The molecule has 7 nitrogen and oxygen atoms in total. The smallest absolute Gasteiger partial charge is 0.231 e. The number of fused-ring (bicyclic) bond motifs is 1. The quantitative estimate of drug-likeness (QED) is 0.518. The Morgan fingerprint density at radius 3 is 2.47 bits per heavy atom. The third-order valence-corrected chi connectivity index (χ3v) is 6.29. The number of thioether (sulfide) groups is 1. The highest BCUT2D eigenvalue weighted by molar-refractivity contribution is 7.98. The van der Waals surface area contributed by atoms with Crippen molar-refractivity contribution in [3.63, 3.8) is 0 Å². The van der Waals surface area contributed by atoms with Crippen LogP contribution in [0.15, 0.2) is 23.4 Å². The van der Waals surface area contributed by atoms with Crippen LogP contribution in [0.1, 0.15) is 28.9 Å². The molecule has 2 aliphatic rings. The summed E-state index contributed by atoms with van der Waals surface area (Å²) in [4.78, 5) is 26.1. The van der Waals surface area contributed by atoms with E-state index in [1.54, 1.807) is 11.8 Å². The molecule has 0 aliphatic carbocycles. The number of ether oxygens (including phenoxy) is 2. The third kappa shape index (κ3) is 4.70. The van der Waals surface area contributed by atoms with Gasteiger partial charge < -0.3 is 14.4 Å². The standard InChI is InChI=1S/C22H28N4O3S/c1-15-18(16(2)24-22(23-15)30-3)5-7-21(27)26-10-8-25(9-11-26)13-17-4-6-19-20(12-17)29-14-28-19/h4,6,12H,5,7-11,13-14H2,1-3H3. The number of rotatable bonds is 6. The molecule has 2 aliphatic heterocycles. The molecular weight excluding hydrogens is 400 g/mol. The van der Waals surface area contributed by atoms with Crippen LogP contribution in [0.5, 0.6) is 11.5 Å². The van der Waals surface area contributed by atoms with Crippen molar-refractivity contribution < 1.29 is 14.3 Å². The van der Waals surface area contributed by atoms with E-state index in [2.05, 4.69) is 27.0 Å². The first-order chi connectivity index (χ1) is 14.5. The van der Waals surface area contributed by atoms with Crippen molar-refractivity contribution in [3.05, 3.63) is 40.7 Å². The van der Waals surface area contributed by atoms with E-state index < -0.39 is 0 Å². The Hall–Kier alpha value is -2.32. The predicted octanol–water partition coefficient (Wildman–Crippen LogP) is 2.82. The first-order valence-electron chi connectivity index (χ1n) is 10.3. The van der Waals surface area contributed by atoms with Crippen molar-refractivity contribution in [1.82, 2.24) is 19.8 Å². The Morgan fingerprint density at radius 1 is 1.07 bits per heavy atom. The number of piperazine rings is 1. The molecule has 1 amide bonds. The Balaban J connectivity index is 1.26. The molecule has 8 heteroatoms. The van der Waals surface area contributed by atoms with E-state index in [9.17, 15) is 4.79 Å². The van der Waals surface area contributed by atoms with Gasteiger partial charge in [-0.3, -0.25) is 9.69 Å². The van der Waals surface area contributed by atoms with Crippen LogP contribution in [-0.2, 0) is 17.8 Å². The van der Waals surface area contributed by atoms with Crippen LogP contribution in [0, 0.1) is 13.8 Å². The summed E-state index contributed by atoms with van der Waals surface area (Å²) in [5.41, 5.74) is 4.27. The van der Waals surface area contributed by atoms with Crippen molar-refractivity contribution >= 4 is 17.7 Å². The first-order valence-corrected chi connectivity index (χ1v) is 11.5. The van der Waals surface area contributed by atoms with Crippen LogP contribution in [-0.4, -0.2) is 64.9 Å². The van der Waals surface area contributed by atoms with Gasteiger partial charge >= 0.3 is 0 Å². The summed E-state index contributed by atoms with van der Waals surface area (Å²) in [5.74, 6) is 1.85. The van der Waals surface area contributed by atoms with Crippen LogP contribution < -0.4 is 9.47 Å². The molecule has 30 heavy (non-hydrogen) atoms. The average molecular weight is 429 g/mol. The molecule has 0 spiro atoms. The highest BCUT2D eigenvalue weighted by Crippen LogP contribution is 2.32. The summed E-state index contributed by atoms with van der Waals surface area (Å²) in [6, 6.07) is 6.10. The number of benzene rings is 1. The lowest BCUT2D eigenvalue weighted by molar-refractivity contribution is -0.133. The molecular formula is C22H28N4O3S. The molecule has 0 radical (unpaired) electrons. The highest BCUT2D eigenvalue weighted by atomic mass is 32.2. The maximum atomic E-state index is 12.7. The Labute approximate surface area is 181 Å². The summed E-state index contributed by atoms with van der Waals surface area (Å²) < 4.78 is 10.8. The fraction of sp³-hybridized carbons (Fsp3) is 0.500. The highest BCUT2D eigenvalue weighted by Gasteiger charge is 2.22. The van der Waals surface area contributed by atoms with Crippen LogP contribution in [0.25, 0.3) is 0 Å². The van der Waals surface area contributed by atoms with Crippen molar-refractivity contribution in [2.75, 3.05) is 39.2 Å². The largest absolute Gasteiger partial charge is 0.454 e. The van der Waals surface area contributed by atoms with Crippen molar-refractivity contribution in [1.29, 1.82) is 0 Å². The lowest BCUT2D eigenvalue weighted by Gasteiger charge is -2.35. The molecule has 0 bridgehead atoms. The molecule has 1 aromatic heterocycles. The minimum atomic E-state index is 0.213. The van der Waals surface area contributed by atoms with Crippen molar-refractivity contribution in [2.45, 2.75) is 38.4 Å². The molecule has 1 aromatic carbocycles. The first kappa shape index (κ1) is 20.9. The number of aromatic nitrogens is 2. The minimum Gasteiger partial charge on any atom is -0.454 e. The predicted molar refractivity (Wildman–Crippen MR) is 116 cm³/mol. The molecule has 2 aromatic rings. The second-order valence-electron chi connectivity index (χ2n) is 7.70. The second kappa shape index (κ2) is 9.22. The van der Waals surface area contributed by atoms with E-state index in [-0.39, 0.29) is 5.91 Å².